The summed E-state index contributed by atoms with van der Waals surface area (Å²) < 4.78 is 27.3. The predicted molar refractivity (Wildman–Crippen MR) is 87.7 cm³/mol. The average Bonchev–Trinajstić information content (AvgIpc) is 2.43. The number of carbonyl (C=O) groups excluding carboxylic acids is 1. The molecule has 116 valence electrons. The second-order valence-electron chi connectivity index (χ2n) is 4.77. The fourth-order valence-electron chi connectivity index (χ4n) is 1.90. The van der Waals surface area contributed by atoms with Crippen LogP contribution in [0.2, 0.25) is 5.02 Å². The maximum Gasteiger partial charge on any atom is 0.262 e. The largest absolute Gasteiger partial charge is 0.326 e. The Balaban J connectivity index is 2.25. The predicted octanol–water partition coefficient (Wildman–Crippen LogP) is 3.41. The van der Waals surface area contributed by atoms with Gasteiger partial charge >= 0.3 is 0 Å². The Labute approximate surface area is 134 Å². The number of benzene rings is 2. The molecule has 2 rings (SSSR count). The Morgan fingerprint density at radius 1 is 1.05 bits per heavy atom. The summed E-state index contributed by atoms with van der Waals surface area (Å²) in [6.45, 7) is 3.10. The number of hydrogen-bond acceptors (Lipinski definition) is 3. The third kappa shape index (κ3) is 3.99. The number of hydrogen-bond donors (Lipinski definition) is 2. The lowest BCUT2D eigenvalue weighted by molar-refractivity contribution is -0.114. The first-order valence-electron chi connectivity index (χ1n) is 6.44. The summed E-state index contributed by atoms with van der Waals surface area (Å²) in [7, 11) is -3.72. The van der Waals surface area contributed by atoms with E-state index in [1.807, 2.05) is 0 Å². The molecule has 7 heteroatoms. The Morgan fingerprint density at radius 2 is 1.64 bits per heavy atom. The van der Waals surface area contributed by atoms with E-state index in [1.54, 1.807) is 43.3 Å². The van der Waals surface area contributed by atoms with Gasteiger partial charge < -0.3 is 5.32 Å². The second kappa shape index (κ2) is 6.37. The smallest absolute Gasteiger partial charge is 0.262 e. The topological polar surface area (TPSA) is 75.3 Å². The van der Waals surface area contributed by atoms with Crippen molar-refractivity contribution in [1.82, 2.24) is 0 Å². The Kier molecular flexibility index (Phi) is 4.73. The molecule has 0 aromatic heterocycles. The first-order valence-corrected chi connectivity index (χ1v) is 8.31. The molecule has 2 N–H and O–H groups in total. The lowest BCUT2D eigenvalue weighted by Gasteiger charge is -2.11. The quantitative estimate of drug-likeness (QED) is 0.897. The number of anilines is 2. The van der Waals surface area contributed by atoms with Crippen LogP contribution >= 0.6 is 11.6 Å². The number of halogens is 1. The van der Waals surface area contributed by atoms with Crippen LogP contribution in [0.5, 0.6) is 0 Å². The van der Waals surface area contributed by atoms with Crippen LogP contribution in [0.1, 0.15) is 12.5 Å². The summed E-state index contributed by atoms with van der Waals surface area (Å²) in [5.41, 5.74) is 1.59. The highest BCUT2D eigenvalue weighted by Gasteiger charge is 2.17. The van der Waals surface area contributed by atoms with E-state index >= 15 is 0 Å². The maximum atomic E-state index is 12.4. The zero-order valence-corrected chi connectivity index (χ0v) is 13.6. The molecule has 0 bridgehead atoms. The number of nitrogens with one attached hydrogen (secondary N) is 2. The van der Waals surface area contributed by atoms with Crippen molar-refractivity contribution in [1.29, 1.82) is 0 Å². The molecule has 0 unspecified atom stereocenters. The molecule has 2 aromatic rings. The first-order chi connectivity index (χ1) is 10.3. The minimum absolute atomic E-state index is 0.130. The van der Waals surface area contributed by atoms with Crippen LogP contribution in [0.25, 0.3) is 0 Å². The highest BCUT2D eigenvalue weighted by molar-refractivity contribution is 7.92. The Hall–Kier alpha value is -2.05. The van der Waals surface area contributed by atoms with E-state index in [4.69, 9.17) is 11.6 Å². The average molecular weight is 339 g/mol. The van der Waals surface area contributed by atoms with Crippen molar-refractivity contribution < 1.29 is 13.2 Å². The number of amides is 1. The molecule has 1 amide bonds. The van der Waals surface area contributed by atoms with Gasteiger partial charge in [0.1, 0.15) is 0 Å². The van der Waals surface area contributed by atoms with E-state index < -0.39 is 10.0 Å². The van der Waals surface area contributed by atoms with E-state index in [-0.39, 0.29) is 10.8 Å². The lowest BCUT2D eigenvalue weighted by Crippen LogP contribution is -2.14. The summed E-state index contributed by atoms with van der Waals surface area (Å²) in [4.78, 5) is 11.1. The summed E-state index contributed by atoms with van der Waals surface area (Å²) in [5.74, 6) is -0.192. The van der Waals surface area contributed by atoms with Crippen LogP contribution in [0.15, 0.2) is 47.4 Å². The van der Waals surface area contributed by atoms with Crippen molar-refractivity contribution in [2.75, 3.05) is 10.0 Å². The molecule has 0 aliphatic heterocycles. The minimum atomic E-state index is -3.72. The van der Waals surface area contributed by atoms with Gasteiger partial charge in [-0.15, -0.1) is 0 Å². The van der Waals surface area contributed by atoms with Gasteiger partial charge in [0.25, 0.3) is 10.0 Å². The second-order valence-corrected chi connectivity index (χ2v) is 6.86. The third-order valence-corrected chi connectivity index (χ3v) is 4.66. The van der Waals surface area contributed by atoms with Crippen molar-refractivity contribution >= 4 is 38.9 Å². The fourth-order valence-corrected chi connectivity index (χ4v) is 3.47. The molecule has 0 spiro atoms. The molecule has 0 aliphatic carbocycles. The normalized spacial score (nSPS) is 11.0. The molecule has 0 heterocycles. The zero-order valence-electron chi connectivity index (χ0n) is 12.1. The summed E-state index contributed by atoms with van der Waals surface area (Å²) in [6, 6.07) is 11.1. The van der Waals surface area contributed by atoms with Crippen LogP contribution < -0.4 is 10.0 Å². The maximum absolute atomic E-state index is 12.4. The molecule has 0 radical (unpaired) electrons. The van der Waals surface area contributed by atoms with Crippen molar-refractivity contribution in [2.24, 2.45) is 0 Å². The van der Waals surface area contributed by atoms with Gasteiger partial charge in [0.2, 0.25) is 5.91 Å². The molecule has 22 heavy (non-hydrogen) atoms. The lowest BCUT2D eigenvalue weighted by atomic mass is 10.2. The standard InChI is InChI=1S/C15H15ClN2O3S/c1-10-3-4-12(16)9-15(10)22(20,21)18-14-7-5-13(6-8-14)17-11(2)19/h3-9,18H,1-2H3,(H,17,19). The van der Waals surface area contributed by atoms with Crippen LogP contribution in [-0.2, 0) is 14.8 Å². The fraction of sp³-hybridized carbons (Fsp3) is 0.133. The van der Waals surface area contributed by atoms with Crippen LogP contribution in [0, 0.1) is 6.92 Å². The first kappa shape index (κ1) is 16.3. The van der Waals surface area contributed by atoms with Gasteiger partial charge in [0.05, 0.1) is 4.90 Å². The Bertz CT molecular complexity index is 802. The monoisotopic (exact) mass is 338 g/mol. The van der Waals surface area contributed by atoms with E-state index in [0.717, 1.165) is 0 Å². The highest BCUT2D eigenvalue weighted by Crippen LogP contribution is 2.23. The van der Waals surface area contributed by atoms with Crippen molar-refractivity contribution in [3.8, 4) is 0 Å². The van der Waals surface area contributed by atoms with E-state index in [9.17, 15) is 13.2 Å². The molecule has 2 aromatic carbocycles. The molecule has 0 saturated carbocycles. The van der Waals surface area contributed by atoms with Crippen LogP contribution in [0.4, 0.5) is 11.4 Å². The number of rotatable bonds is 4. The molecular weight excluding hydrogens is 324 g/mol. The van der Waals surface area contributed by atoms with Gasteiger partial charge in [-0.25, -0.2) is 8.42 Å². The van der Waals surface area contributed by atoms with Crippen LogP contribution in [0.3, 0.4) is 0 Å². The molecule has 0 aliphatic rings. The number of sulfonamides is 1. The summed E-state index contributed by atoms with van der Waals surface area (Å²) in [6.07, 6.45) is 0. The number of carbonyl (C=O) groups is 1. The summed E-state index contributed by atoms with van der Waals surface area (Å²) in [5, 5.41) is 2.96. The number of aryl methyl sites for hydroxylation is 1. The SMILES string of the molecule is CC(=O)Nc1ccc(NS(=O)(=O)c2cc(Cl)ccc2C)cc1. The van der Waals surface area contributed by atoms with E-state index in [2.05, 4.69) is 10.0 Å². The van der Waals surface area contributed by atoms with Gasteiger partial charge in [-0.05, 0) is 48.9 Å². The molecule has 0 saturated heterocycles. The summed E-state index contributed by atoms with van der Waals surface area (Å²) >= 11 is 5.86. The molecule has 0 fully saturated rings. The van der Waals surface area contributed by atoms with Gasteiger partial charge in [-0.2, -0.15) is 0 Å². The van der Waals surface area contributed by atoms with Crippen LogP contribution in [-0.4, -0.2) is 14.3 Å². The van der Waals surface area contributed by atoms with Gasteiger partial charge in [0, 0.05) is 23.3 Å². The highest BCUT2D eigenvalue weighted by atomic mass is 35.5. The molecule has 5 nitrogen and oxygen atoms in total. The van der Waals surface area contributed by atoms with Gasteiger partial charge in [-0.1, -0.05) is 17.7 Å². The van der Waals surface area contributed by atoms with E-state index in [0.29, 0.717) is 22.0 Å². The van der Waals surface area contributed by atoms with Gasteiger partial charge in [-0.3, -0.25) is 9.52 Å². The van der Waals surface area contributed by atoms with Crippen molar-refractivity contribution in [3.05, 3.63) is 53.1 Å². The molecular formula is C15H15ClN2O3S. The Morgan fingerprint density at radius 3 is 2.23 bits per heavy atom. The molecule has 0 atom stereocenters. The van der Waals surface area contributed by atoms with E-state index in [1.165, 1.54) is 13.0 Å². The minimum Gasteiger partial charge on any atom is -0.326 e. The van der Waals surface area contributed by atoms with Gasteiger partial charge in [0.15, 0.2) is 0 Å². The zero-order chi connectivity index (χ0) is 16.3. The van der Waals surface area contributed by atoms with Crippen molar-refractivity contribution in [3.63, 3.8) is 0 Å². The third-order valence-electron chi connectivity index (χ3n) is 2.90. The van der Waals surface area contributed by atoms with Crippen molar-refractivity contribution in [2.45, 2.75) is 18.7 Å².